The van der Waals surface area contributed by atoms with Crippen LogP contribution in [0, 0.1) is 0 Å². The molecule has 0 fully saturated rings. The summed E-state index contributed by atoms with van der Waals surface area (Å²) in [6, 6.07) is 7.58. The maximum absolute atomic E-state index is 11.6. The number of thioether (sulfide) groups is 1. The van der Waals surface area contributed by atoms with Crippen molar-refractivity contribution in [3.05, 3.63) is 34.9 Å². The van der Waals surface area contributed by atoms with Gasteiger partial charge in [-0.05, 0) is 31.0 Å². The molecule has 0 aromatic heterocycles. The van der Waals surface area contributed by atoms with E-state index in [9.17, 15) is 9.59 Å². The summed E-state index contributed by atoms with van der Waals surface area (Å²) >= 11 is 7.35. The second-order valence-electron chi connectivity index (χ2n) is 4.38. The second-order valence-corrected chi connectivity index (χ2v) is 5.80. The van der Waals surface area contributed by atoms with E-state index in [0.717, 1.165) is 11.3 Å². The van der Waals surface area contributed by atoms with Crippen molar-refractivity contribution in [2.45, 2.75) is 25.5 Å². The van der Waals surface area contributed by atoms with Crippen molar-refractivity contribution in [1.29, 1.82) is 0 Å². The Bertz CT molecular complexity index is 451. The van der Waals surface area contributed by atoms with Crippen molar-refractivity contribution >= 4 is 35.2 Å². The number of carbonyl (C=O) groups excluding carboxylic acids is 2. The molecule has 1 N–H and O–H groups in total. The van der Waals surface area contributed by atoms with Gasteiger partial charge in [-0.15, -0.1) is 11.8 Å². The first-order valence-electron chi connectivity index (χ1n) is 6.86. The quantitative estimate of drug-likeness (QED) is 0.559. The molecule has 1 rings (SSSR count). The van der Waals surface area contributed by atoms with Crippen molar-refractivity contribution in [2.75, 3.05) is 18.9 Å². The highest BCUT2D eigenvalue weighted by molar-refractivity contribution is 7.99. The fourth-order valence-corrected chi connectivity index (χ4v) is 2.53. The smallest absolute Gasteiger partial charge is 0.305 e. The Morgan fingerprint density at radius 3 is 2.67 bits per heavy atom. The zero-order chi connectivity index (χ0) is 15.5. The molecule has 0 aliphatic carbocycles. The summed E-state index contributed by atoms with van der Waals surface area (Å²) in [7, 11) is 0. The van der Waals surface area contributed by atoms with Crippen molar-refractivity contribution < 1.29 is 14.3 Å². The summed E-state index contributed by atoms with van der Waals surface area (Å²) in [6.45, 7) is 2.67. The summed E-state index contributed by atoms with van der Waals surface area (Å²) < 4.78 is 4.81. The number of ether oxygens (including phenoxy) is 1. The Hall–Kier alpha value is -1.20. The molecule has 0 spiro atoms. The Morgan fingerprint density at radius 2 is 2.00 bits per heavy atom. The minimum atomic E-state index is -0.219. The third-order valence-corrected chi connectivity index (χ3v) is 3.86. The van der Waals surface area contributed by atoms with Gasteiger partial charge in [0.1, 0.15) is 0 Å². The molecule has 4 nitrogen and oxygen atoms in total. The van der Waals surface area contributed by atoms with Gasteiger partial charge in [-0.1, -0.05) is 23.7 Å². The predicted molar refractivity (Wildman–Crippen MR) is 86.5 cm³/mol. The number of nitrogens with one attached hydrogen (secondary N) is 1. The minimum Gasteiger partial charge on any atom is -0.466 e. The first-order valence-corrected chi connectivity index (χ1v) is 8.39. The van der Waals surface area contributed by atoms with E-state index in [1.165, 1.54) is 0 Å². The van der Waals surface area contributed by atoms with Gasteiger partial charge in [0.05, 0.1) is 12.4 Å². The Morgan fingerprint density at radius 1 is 1.29 bits per heavy atom. The second kappa shape index (κ2) is 10.5. The van der Waals surface area contributed by atoms with Crippen LogP contribution < -0.4 is 5.32 Å². The van der Waals surface area contributed by atoms with Gasteiger partial charge in [-0.25, -0.2) is 0 Å². The van der Waals surface area contributed by atoms with Crippen LogP contribution >= 0.6 is 23.4 Å². The summed E-state index contributed by atoms with van der Waals surface area (Å²) in [5.41, 5.74) is 1.14. The summed E-state index contributed by atoms with van der Waals surface area (Å²) in [6.07, 6.45) is 0.943. The summed E-state index contributed by atoms with van der Waals surface area (Å²) in [4.78, 5) is 22.7. The minimum absolute atomic E-state index is 0.0159. The maximum atomic E-state index is 11.6. The lowest BCUT2D eigenvalue weighted by atomic mass is 10.2. The topological polar surface area (TPSA) is 55.4 Å². The van der Waals surface area contributed by atoms with Crippen molar-refractivity contribution in [2.24, 2.45) is 0 Å². The number of rotatable bonds is 9. The molecule has 1 aromatic carbocycles. The molecular weight excluding hydrogens is 310 g/mol. The molecule has 6 heteroatoms. The first-order chi connectivity index (χ1) is 10.1. The van der Waals surface area contributed by atoms with Gasteiger partial charge < -0.3 is 10.1 Å². The molecule has 0 saturated carbocycles. The third kappa shape index (κ3) is 8.63. The van der Waals surface area contributed by atoms with Crippen LogP contribution in [-0.4, -0.2) is 30.8 Å². The van der Waals surface area contributed by atoms with Gasteiger partial charge in [0, 0.05) is 23.7 Å². The van der Waals surface area contributed by atoms with E-state index in [0.29, 0.717) is 36.8 Å². The number of carbonyl (C=O) groups is 2. The number of hydrogen-bond donors (Lipinski definition) is 1. The third-order valence-electron chi connectivity index (χ3n) is 2.60. The number of benzene rings is 1. The van der Waals surface area contributed by atoms with Crippen molar-refractivity contribution in [1.82, 2.24) is 5.32 Å². The number of halogens is 1. The molecule has 0 atom stereocenters. The molecule has 1 amide bonds. The monoisotopic (exact) mass is 329 g/mol. The largest absolute Gasteiger partial charge is 0.466 e. The average Bonchev–Trinajstić information content (AvgIpc) is 2.46. The standard InChI is InChI=1S/C15H20ClNO3S/c1-2-20-15(19)4-3-9-17-14(18)11-21-10-12-5-7-13(16)8-6-12/h5-8H,2-4,9-11H2,1H3,(H,17,18). The molecule has 0 heterocycles. The SMILES string of the molecule is CCOC(=O)CCCNC(=O)CSCc1ccc(Cl)cc1. The van der Waals surface area contributed by atoms with Crippen LogP contribution in [0.5, 0.6) is 0 Å². The Balaban J connectivity index is 2.06. The lowest BCUT2D eigenvalue weighted by Gasteiger charge is -2.05. The number of esters is 1. The lowest BCUT2D eigenvalue weighted by Crippen LogP contribution is -2.26. The van der Waals surface area contributed by atoms with Gasteiger partial charge in [0.25, 0.3) is 0 Å². The molecule has 0 aliphatic rings. The predicted octanol–water partition coefficient (Wildman–Crippen LogP) is 3.03. The van der Waals surface area contributed by atoms with E-state index in [1.54, 1.807) is 18.7 Å². The molecule has 116 valence electrons. The molecule has 0 saturated heterocycles. The normalized spacial score (nSPS) is 10.2. The summed E-state index contributed by atoms with van der Waals surface area (Å²) in [5.74, 6) is 0.941. The van der Waals surface area contributed by atoms with E-state index in [-0.39, 0.29) is 11.9 Å². The van der Waals surface area contributed by atoms with E-state index >= 15 is 0 Å². The van der Waals surface area contributed by atoms with Gasteiger partial charge in [0.2, 0.25) is 5.91 Å². The molecule has 0 bridgehead atoms. The molecule has 21 heavy (non-hydrogen) atoms. The van der Waals surface area contributed by atoms with Gasteiger partial charge in [0.15, 0.2) is 0 Å². The highest BCUT2D eigenvalue weighted by Crippen LogP contribution is 2.15. The van der Waals surface area contributed by atoms with Gasteiger partial charge in [-0.2, -0.15) is 0 Å². The van der Waals surface area contributed by atoms with Crippen molar-refractivity contribution in [3.63, 3.8) is 0 Å². The molecule has 0 radical (unpaired) electrons. The first kappa shape index (κ1) is 17.9. The van der Waals surface area contributed by atoms with Crippen LogP contribution in [0.2, 0.25) is 5.02 Å². The Kier molecular flexibility index (Phi) is 8.94. The highest BCUT2D eigenvalue weighted by atomic mass is 35.5. The van der Waals surface area contributed by atoms with Crippen LogP contribution in [0.1, 0.15) is 25.3 Å². The number of amides is 1. The van der Waals surface area contributed by atoms with E-state index in [2.05, 4.69) is 5.32 Å². The zero-order valence-corrected chi connectivity index (χ0v) is 13.6. The number of hydrogen-bond acceptors (Lipinski definition) is 4. The van der Waals surface area contributed by atoms with Gasteiger partial charge >= 0.3 is 5.97 Å². The van der Waals surface area contributed by atoms with Crippen LogP contribution in [0.25, 0.3) is 0 Å². The van der Waals surface area contributed by atoms with Crippen LogP contribution in [0.15, 0.2) is 24.3 Å². The van der Waals surface area contributed by atoms with Crippen LogP contribution in [0.3, 0.4) is 0 Å². The average molecular weight is 330 g/mol. The van der Waals surface area contributed by atoms with Crippen molar-refractivity contribution in [3.8, 4) is 0 Å². The fraction of sp³-hybridized carbons (Fsp3) is 0.467. The molecule has 0 unspecified atom stereocenters. The molecule has 0 aliphatic heterocycles. The maximum Gasteiger partial charge on any atom is 0.305 e. The Labute approximate surface area is 134 Å². The van der Waals surface area contributed by atoms with Crippen LogP contribution in [0.4, 0.5) is 0 Å². The van der Waals surface area contributed by atoms with E-state index < -0.39 is 0 Å². The summed E-state index contributed by atoms with van der Waals surface area (Å²) in [5, 5.41) is 3.50. The van der Waals surface area contributed by atoms with Crippen LogP contribution in [-0.2, 0) is 20.1 Å². The lowest BCUT2D eigenvalue weighted by molar-refractivity contribution is -0.143. The molecular formula is C15H20ClNO3S. The highest BCUT2D eigenvalue weighted by Gasteiger charge is 2.04. The fourth-order valence-electron chi connectivity index (χ4n) is 1.59. The van der Waals surface area contributed by atoms with E-state index in [4.69, 9.17) is 16.3 Å². The zero-order valence-electron chi connectivity index (χ0n) is 12.1. The molecule has 1 aromatic rings. The van der Waals surface area contributed by atoms with Gasteiger partial charge in [-0.3, -0.25) is 9.59 Å². The van der Waals surface area contributed by atoms with E-state index in [1.807, 2.05) is 24.3 Å².